The predicted molar refractivity (Wildman–Crippen MR) is 75.6 cm³/mol. The molecule has 7 heteroatoms. The fraction of sp³-hybridized carbons (Fsp3) is 0.154. The van der Waals surface area contributed by atoms with E-state index in [0.717, 1.165) is 11.3 Å². The molecule has 0 atom stereocenters. The lowest BCUT2D eigenvalue weighted by atomic mass is 10.1. The van der Waals surface area contributed by atoms with Gasteiger partial charge < -0.3 is 5.11 Å². The number of benzene rings is 1. The third-order valence-corrected chi connectivity index (χ3v) is 3.80. The minimum absolute atomic E-state index is 0.242. The molecule has 20 heavy (non-hydrogen) atoms. The first-order valence-corrected chi connectivity index (χ1v) is 6.87. The molecule has 2 heterocycles. The average Bonchev–Trinajstić information content (AvgIpc) is 3.06. The molecule has 0 unspecified atom stereocenters. The number of carboxylic acids is 1. The van der Waals surface area contributed by atoms with Crippen molar-refractivity contribution in [1.82, 2.24) is 4.98 Å². The smallest absolute Gasteiger partial charge is 0.335 e. The lowest BCUT2D eigenvalue weighted by Gasteiger charge is -2.17. The van der Waals surface area contributed by atoms with Crippen LogP contribution in [0.25, 0.3) is 0 Å². The molecule has 0 spiro atoms. The standard InChI is InChI=1S/C13H11N3O3S/c17-11(18)9-1-2-10-8(7-9)3-5-16(10)13(19)15-12-14-4-6-20-12/h1-2,4,6-7H,3,5H2,(H,17,18)(H,14,15,19). The van der Waals surface area contributed by atoms with Crippen LogP contribution in [0.4, 0.5) is 15.6 Å². The molecule has 0 saturated carbocycles. The van der Waals surface area contributed by atoms with Crippen LogP contribution < -0.4 is 10.2 Å². The van der Waals surface area contributed by atoms with E-state index in [2.05, 4.69) is 10.3 Å². The Labute approximate surface area is 118 Å². The number of aromatic nitrogens is 1. The molecule has 0 bridgehead atoms. The van der Waals surface area contributed by atoms with Gasteiger partial charge in [-0.1, -0.05) is 0 Å². The van der Waals surface area contributed by atoms with E-state index in [1.807, 2.05) is 0 Å². The van der Waals surface area contributed by atoms with Crippen molar-refractivity contribution in [2.24, 2.45) is 0 Å². The second-order valence-corrected chi connectivity index (χ2v) is 5.21. The molecule has 1 aromatic heterocycles. The monoisotopic (exact) mass is 289 g/mol. The molecule has 0 fully saturated rings. The molecule has 0 saturated heterocycles. The Balaban J connectivity index is 1.82. The van der Waals surface area contributed by atoms with Crippen molar-refractivity contribution in [1.29, 1.82) is 0 Å². The molecule has 6 nitrogen and oxygen atoms in total. The average molecular weight is 289 g/mol. The maximum absolute atomic E-state index is 12.2. The van der Waals surface area contributed by atoms with E-state index < -0.39 is 5.97 Å². The summed E-state index contributed by atoms with van der Waals surface area (Å²) in [4.78, 5) is 28.7. The van der Waals surface area contributed by atoms with Crippen LogP contribution in [0.1, 0.15) is 15.9 Å². The third kappa shape index (κ3) is 2.23. The molecular weight excluding hydrogens is 278 g/mol. The Morgan fingerprint density at radius 1 is 1.40 bits per heavy atom. The van der Waals surface area contributed by atoms with E-state index >= 15 is 0 Å². The van der Waals surface area contributed by atoms with Crippen molar-refractivity contribution in [2.75, 3.05) is 16.8 Å². The summed E-state index contributed by atoms with van der Waals surface area (Å²) in [6.45, 7) is 0.537. The topological polar surface area (TPSA) is 82.5 Å². The second kappa shape index (κ2) is 4.93. The number of nitrogens with one attached hydrogen (secondary N) is 1. The number of carbonyl (C=O) groups is 2. The number of rotatable bonds is 2. The first kappa shape index (κ1) is 12.6. The van der Waals surface area contributed by atoms with Crippen LogP contribution in [-0.4, -0.2) is 28.6 Å². The van der Waals surface area contributed by atoms with E-state index in [0.29, 0.717) is 18.1 Å². The molecule has 0 radical (unpaired) electrons. The SMILES string of the molecule is O=C(O)c1ccc2c(c1)CCN2C(=O)Nc1nccs1. The largest absolute Gasteiger partial charge is 0.478 e. The third-order valence-electron chi connectivity index (χ3n) is 3.11. The number of carboxylic acid groups (broad SMARTS) is 1. The highest BCUT2D eigenvalue weighted by Gasteiger charge is 2.25. The normalized spacial score (nSPS) is 13.1. The highest BCUT2D eigenvalue weighted by molar-refractivity contribution is 7.13. The number of aromatic carboxylic acids is 1. The van der Waals surface area contributed by atoms with E-state index in [4.69, 9.17) is 5.11 Å². The zero-order valence-corrected chi connectivity index (χ0v) is 11.2. The number of hydrogen-bond donors (Lipinski definition) is 2. The number of amides is 2. The lowest BCUT2D eigenvalue weighted by Crippen LogP contribution is -2.33. The van der Waals surface area contributed by atoms with Gasteiger partial charge in [0.2, 0.25) is 0 Å². The molecule has 2 N–H and O–H groups in total. The number of thiazole rings is 1. The van der Waals surface area contributed by atoms with Crippen LogP contribution in [0, 0.1) is 0 Å². The van der Waals surface area contributed by atoms with Crippen LogP contribution >= 0.6 is 11.3 Å². The molecule has 0 aliphatic carbocycles. The van der Waals surface area contributed by atoms with Crippen molar-refractivity contribution in [2.45, 2.75) is 6.42 Å². The summed E-state index contributed by atoms with van der Waals surface area (Å²) < 4.78 is 0. The van der Waals surface area contributed by atoms with Crippen LogP contribution in [0.3, 0.4) is 0 Å². The fourth-order valence-corrected chi connectivity index (χ4v) is 2.71. The summed E-state index contributed by atoms with van der Waals surface area (Å²) in [7, 11) is 0. The van der Waals surface area contributed by atoms with Crippen molar-refractivity contribution in [3.8, 4) is 0 Å². The zero-order valence-electron chi connectivity index (χ0n) is 10.4. The van der Waals surface area contributed by atoms with E-state index in [-0.39, 0.29) is 11.6 Å². The van der Waals surface area contributed by atoms with Gasteiger partial charge in [-0.25, -0.2) is 14.6 Å². The molecule has 3 rings (SSSR count). The fourth-order valence-electron chi connectivity index (χ4n) is 2.19. The van der Waals surface area contributed by atoms with Crippen LogP contribution in [-0.2, 0) is 6.42 Å². The number of hydrogen-bond acceptors (Lipinski definition) is 4. The number of nitrogens with zero attached hydrogens (tertiary/aromatic N) is 2. The quantitative estimate of drug-likeness (QED) is 0.889. The van der Waals surface area contributed by atoms with Crippen molar-refractivity contribution < 1.29 is 14.7 Å². The summed E-state index contributed by atoms with van der Waals surface area (Å²) in [5.74, 6) is -0.960. The summed E-state index contributed by atoms with van der Waals surface area (Å²) in [6, 6.07) is 4.55. The first-order valence-electron chi connectivity index (χ1n) is 5.99. The van der Waals surface area contributed by atoms with Crippen LogP contribution in [0.5, 0.6) is 0 Å². The maximum atomic E-state index is 12.2. The highest BCUT2D eigenvalue weighted by Crippen LogP contribution is 2.29. The highest BCUT2D eigenvalue weighted by atomic mass is 32.1. The van der Waals surface area contributed by atoms with Crippen LogP contribution in [0.15, 0.2) is 29.8 Å². The molecule has 1 aliphatic rings. The number of fused-ring (bicyclic) bond motifs is 1. The molecule has 2 amide bonds. The van der Waals surface area contributed by atoms with Crippen molar-refractivity contribution in [3.05, 3.63) is 40.9 Å². The summed E-state index contributed by atoms with van der Waals surface area (Å²) >= 11 is 1.35. The Bertz CT molecular complexity index is 670. The minimum atomic E-state index is -0.960. The Kier molecular flexibility index (Phi) is 3.11. The zero-order chi connectivity index (χ0) is 14.1. The van der Waals surface area contributed by atoms with Gasteiger partial charge >= 0.3 is 12.0 Å². The van der Waals surface area contributed by atoms with Crippen molar-refractivity contribution in [3.63, 3.8) is 0 Å². The van der Waals surface area contributed by atoms with Gasteiger partial charge in [0.05, 0.1) is 5.56 Å². The number of urea groups is 1. The predicted octanol–water partition coefficient (Wildman–Crippen LogP) is 2.44. The van der Waals surface area contributed by atoms with Gasteiger partial charge in [-0.15, -0.1) is 11.3 Å². The van der Waals surface area contributed by atoms with Gasteiger partial charge in [-0.3, -0.25) is 10.2 Å². The molecule has 2 aromatic rings. The summed E-state index contributed by atoms with van der Waals surface area (Å²) in [5.41, 5.74) is 1.87. The Morgan fingerprint density at radius 2 is 2.25 bits per heavy atom. The molecule has 102 valence electrons. The van der Waals surface area contributed by atoms with Gasteiger partial charge in [0.15, 0.2) is 5.13 Å². The van der Waals surface area contributed by atoms with E-state index in [1.54, 1.807) is 28.6 Å². The summed E-state index contributed by atoms with van der Waals surface area (Å²) in [6.07, 6.45) is 2.28. The van der Waals surface area contributed by atoms with Crippen molar-refractivity contribution >= 4 is 34.2 Å². The van der Waals surface area contributed by atoms with Gasteiger partial charge in [0, 0.05) is 23.8 Å². The van der Waals surface area contributed by atoms with Gasteiger partial charge in [-0.2, -0.15) is 0 Å². The number of carbonyl (C=O) groups excluding carboxylic acids is 1. The van der Waals surface area contributed by atoms with E-state index in [1.165, 1.54) is 17.4 Å². The summed E-state index contributed by atoms with van der Waals surface area (Å²) in [5, 5.41) is 14.0. The maximum Gasteiger partial charge on any atom is 0.335 e. The second-order valence-electron chi connectivity index (χ2n) is 4.32. The minimum Gasteiger partial charge on any atom is -0.478 e. The van der Waals surface area contributed by atoms with Gasteiger partial charge in [0.1, 0.15) is 0 Å². The number of anilines is 2. The van der Waals surface area contributed by atoms with Gasteiger partial charge in [0.25, 0.3) is 0 Å². The molecule has 1 aliphatic heterocycles. The Hall–Kier alpha value is -2.41. The van der Waals surface area contributed by atoms with Gasteiger partial charge in [-0.05, 0) is 30.2 Å². The van der Waals surface area contributed by atoms with Crippen LogP contribution in [0.2, 0.25) is 0 Å². The lowest BCUT2D eigenvalue weighted by molar-refractivity contribution is 0.0697. The molecule has 1 aromatic carbocycles. The molecular formula is C13H11N3O3S. The first-order chi connectivity index (χ1) is 9.65. The Morgan fingerprint density at radius 3 is 2.95 bits per heavy atom. The van der Waals surface area contributed by atoms with E-state index in [9.17, 15) is 9.59 Å².